The van der Waals surface area contributed by atoms with Gasteiger partial charge in [-0.1, -0.05) is 42.5 Å². The molecule has 26 heavy (non-hydrogen) atoms. The minimum absolute atomic E-state index is 0.0107. The monoisotopic (exact) mass is 366 g/mol. The fourth-order valence-corrected chi connectivity index (χ4v) is 3.20. The highest BCUT2D eigenvalue weighted by atomic mass is 32.1. The molecule has 134 valence electrons. The van der Waals surface area contributed by atoms with Gasteiger partial charge in [-0.3, -0.25) is 4.79 Å². The number of carbonyl (C=O) groups is 1. The Morgan fingerprint density at radius 2 is 1.88 bits per heavy atom. The molecular weight excluding hydrogens is 344 g/mol. The van der Waals surface area contributed by atoms with Crippen LogP contribution in [0, 0.1) is 0 Å². The van der Waals surface area contributed by atoms with E-state index in [4.69, 9.17) is 5.73 Å². The van der Waals surface area contributed by atoms with Gasteiger partial charge in [-0.25, -0.2) is 4.98 Å². The number of anilines is 2. The van der Waals surface area contributed by atoms with Gasteiger partial charge in [0.2, 0.25) is 5.91 Å². The van der Waals surface area contributed by atoms with Crippen LogP contribution < -0.4 is 16.4 Å². The van der Waals surface area contributed by atoms with Crippen molar-refractivity contribution in [3.8, 4) is 11.3 Å². The molecule has 1 heterocycles. The quantitative estimate of drug-likeness (QED) is 0.589. The van der Waals surface area contributed by atoms with Crippen LogP contribution in [0.4, 0.5) is 10.8 Å². The number of carbonyl (C=O) groups excluding carboxylic acids is 1. The summed E-state index contributed by atoms with van der Waals surface area (Å²) in [6.45, 7) is 2.72. The predicted molar refractivity (Wildman–Crippen MR) is 108 cm³/mol. The van der Waals surface area contributed by atoms with Crippen LogP contribution >= 0.6 is 11.3 Å². The third kappa shape index (κ3) is 4.91. The van der Waals surface area contributed by atoms with Crippen LogP contribution in [0.15, 0.2) is 60.0 Å². The van der Waals surface area contributed by atoms with E-state index < -0.39 is 0 Å². The zero-order valence-electron chi connectivity index (χ0n) is 14.6. The number of benzene rings is 2. The first-order valence-corrected chi connectivity index (χ1v) is 9.39. The first-order chi connectivity index (χ1) is 12.6. The molecule has 0 aliphatic rings. The van der Waals surface area contributed by atoms with Gasteiger partial charge < -0.3 is 16.4 Å². The van der Waals surface area contributed by atoms with Crippen molar-refractivity contribution < 1.29 is 4.79 Å². The van der Waals surface area contributed by atoms with Crippen molar-refractivity contribution in [1.82, 2.24) is 10.3 Å². The van der Waals surface area contributed by atoms with E-state index in [-0.39, 0.29) is 11.9 Å². The summed E-state index contributed by atoms with van der Waals surface area (Å²) in [7, 11) is 0. The minimum Gasteiger partial charge on any atom is -0.375 e. The summed E-state index contributed by atoms with van der Waals surface area (Å²) in [5.41, 5.74) is 9.48. The van der Waals surface area contributed by atoms with Crippen molar-refractivity contribution in [3.05, 3.63) is 65.5 Å². The summed E-state index contributed by atoms with van der Waals surface area (Å²) >= 11 is 1.41. The number of hydrogen-bond donors (Lipinski definition) is 3. The number of nitrogen functional groups attached to an aromatic ring is 1. The summed E-state index contributed by atoms with van der Waals surface area (Å²) in [6.07, 6.45) is 0.418. The first kappa shape index (κ1) is 18.1. The molecule has 0 unspecified atom stereocenters. The lowest BCUT2D eigenvalue weighted by atomic mass is 10.1. The number of rotatable bonds is 7. The standard InChI is InChI=1S/C20H22N4OS/c1-14(15-5-3-2-4-6-15)22-12-11-19(25)23-17-9-7-16(8-10-17)18-13-26-20(21)24-18/h2-10,13-14,22H,11-12H2,1H3,(H2,21,24)(H,23,25)/t14-/m0/s1. The Labute approximate surface area is 157 Å². The Morgan fingerprint density at radius 1 is 1.15 bits per heavy atom. The second kappa shape index (κ2) is 8.60. The second-order valence-electron chi connectivity index (χ2n) is 6.03. The van der Waals surface area contributed by atoms with Crippen molar-refractivity contribution in [2.75, 3.05) is 17.6 Å². The Morgan fingerprint density at radius 3 is 2.54 bits per heavy atom. The Balaban J connectivity index is 1.46. The van der Waals surface area contributed by atoms with Crippen LogP contribution in [0.25, 0.3) is 11.3 Å². The van der Waals surface area contributed by atoms with Gasteiger partial charge in [0, 0.05) is 35.6 Å². The SMILES string of the molecule is C[C@H](NCCC(=O)Nc1ccc(-c2csc(N)n2)cc1)c1ccccc1. The Hall–Kier alpha value is -2.70. The third-order valence-electron chi connectivity index (χ3n) is 4.09. The molecule has 0 aliphatic carbocycles. The highest BCUT2D eigenvalue weighted by molar-refractivity contribution is 7.13. The first-order valence-electron chi connectivity index (χ1n) is 8.51. The third-order valence-corrected chi connectivity index (χ3v) is 4.76. The lowest BCUT2D eigenvalue weighted by Crippen LogP contribution is -2.24. The van der Waals surface area contributed by atoms with Gasteiger partial charge in [0.1, 0.15) is 0 Å². The summed E-state index contributed by atoms with van der Waals surface area (Å²) in [5.74, 6) is -0.0107. The van der Waals surface area contributed by atoms with E-state index >= 15 is 0 Å². The van der Waals surface area contributed by atoms with Gasteiger partial charge in [0.25, 0.3) is 0 Å². The molecule has 0 fully saturated rings. The molecule has 5 nitrogen and oxygen atoms in total. The molecule has 0 spiro atoms. The van der Waals surface area contributed by atoms with Crippen LogP contribution in [-0.4, -0.2) is 17.4 Å². The summed E-state index contributed by atoms with van der Waals surface area (Å²) < 4.78 is 0. The van der Waals surface area contributed by atoms with Crippen molar-refractivity contribution in [2.45, 2.75) is 19.4 Å². The Bertz CT molecular complexity index is 846. The number of thiazole rings is 1. The molecule has 1 amide bonds. The Kier molecular flexibility index (Phi) is 5.99. The van der Waals surface area contributed by atoms with Crippen molar-refractivity contribution in [1.29, 1.82) is 0 Å². The molecule has 3 rings (SSSR count). The van der Waals surface area contributed by atoms with Crippen molar-refractivity contribution >= 4 is 28.1 Å². The van der Waals surface area contributed by atoms with E-state index in [2.05, 4.69) is 34.7 Å². The van der Waals surface area contributed by atoms with Crippen molar-refractivity contribution in [3.63, 3.8) is 0 Å². The maximum absolute atomic E-state index is 12.1. The smallest absolute Gasteiger partial charge is 0.225 e. The van der Waals surface area contributed by atoms with E-state index in [9.17, 15) is 4.79 Å². The van der Waals surface area contributed by atoms with Crippen molar-refractivity contribution in [2.24, 2.45) is 0 Å². The van der Waals surface area contributed by atoms with E-state index in [1.807, 2.05) is 47.8 Å². The van der Waals surface area contributed by atoms with Crippen LogP contribution in [0.1, 0.15) is 24.9 Å². The molecule has 0 radical (unpaired) electrons. The molecule has 1 aromatic heterocycles. The molecule has 0 bridgehead atoms. The molecule has 4 N–H and O–H groups in total. The van der Waals surface area contributed by atoms with Crippen LogP contribution in [0.5, 0.6) is 0 Å². The average molecular weight is 366 g/mol. The van der Waals surface area contributed by atoms with Gasteiger partial charge in [0.15, 0.2) is 5.13 Å². The average Bonchev–Trinajstić information content (AvgIpc) is 3.09. The maximum Gasteiger partial charge on any atom is 0.225 e. The largest absolute Gasteiger partial charge is 0.375 e. The van der Waals surface area contributed by atoms with Gasteiger partial charge in [-0.05, 0) is 24.6 Å². The number of aromatic nitrogens is 1. The topological polar surface area (TPSA) is 80.0 Å². The lowest BCUT2D eigenvalue weighted by molar-refractivity contribution is -0.116. The molecule has 2 aromatic carbocycles. The predicted octanol–water partition coefficient (Wildman–Crippen LogP) is 4.07. The zero-order valence-corrected chi connectivity index (χ0v) is 15.4. The van der Waals surface area contributed by atoms with E-state index in [0.717, 1.165) is 16.9 Å². The van der Waals surface area contributed by atoms with Crippen LogP contribution in [0.3, 0.4) is 0 Å². The highest BCUT2D eigenvalue weighted by Crippen LogP contribution is 2.24. The normalized spacial score (nSPS) is 11.9. The molecule has 0 aliphatic heterocycles. The van der Waals surface area contributed by atoms with E-state index in [1.165, 1.54) is 16.9 Å². The van der Waals surface area contributed by atoms with E-state index in [0.29, 0.717) is 18.1 Å². The fraction of sp³-hybridized carbons (Fsp3) is 0.200. The van der Waals surface area contributed by atoms with Gasteiger partial charge in [-0.2, -0.15) is 0 Å². The number of hydrogen-bond acceptors (Lipinski definition) is 5. The zero-order chi connectivity index (χ0) is 18.4. The number of nitrogens with zero attached hydrogens (tertiary/aromatic N) is 1. The maximum atomic E-state index is 12.1. The number of nitrogens with two attached hydrogens (primary N) is 1. The summed E-state index contributed by atoms with van der Waals surface area (Å²) in [6, 6.07) is 18.0. The van der Waals surface area contributed by atoms with E-state index in [1.54, 1.807) is 0 Å². The molecular formula is C20H22N4OS. The molecule has 3 aromatic rings. The number of nitrogens with one attached hydrogen (secondary N) is 2. The minimum atomic E-state index is -0.0107. The molecule has 6 heteroatoms. The number of amides is 1. The summed E-state index contributed by atoms with van der Waals surface area (Å²) in [5, 5.41) is 8.76. The molecule has 1 atom stereocenters. The van der Waals surface area contributed by atoms with Gasteiger partial charge in [-0.15, -0.1) is 11.3 Å². The molecule has 0 saturated carbocycles. The highest BCUT2D eigenvalue weighted by Gasteiger charge is 2.07. The van der Waals surface area contributed by atoms with Gasteiger partial charge in [0.05, 0.1) is 5.69 Å². The van der Waals surface area contributed by atoms with Crippen LogP contribution in [0.2, 0.25) is 0 Å². The van der Waals surface area contributed by atoms with Gasteiger partial charge >= 0.3 is 0 Å². The van der Waals surface area contributed by atoms with Crippen LogP contribution in [-0.2, 0) is 4.79 Å². The lowest BCUT2D eigenvalue weighted by Gasteiger charge is -2.14. The fourth-order valence-electron chi connectivity index (χ4n) is 2.63. The summed E-state index contributed by atoms with van der Waals surface area (Å²) in [4.78, 5) is 16.4. The molecule has 0 saturated heterocycles. The second-order valence-corrected chi connectivity index (χ2v) is 6.92.